The maximum absolute atomic E-state index is 13.0. The molecule has 5 rings (SSSR count). The Morgan fingerprint density at radius 3 is 2.74 bits per heavy atom. The van der Waals surface area contributed by atoms with Crippen molar-refractivity contribution in [2.75, 3.05) is 19.6 Å². The topological polar surface area (TPSA) is 28.0 Å². The summed E-state index contributed by atoms with van der Waals surface area (Å²) in [5, 5.41) is 3.04. The molecule has 3 aliphatic heterocycles. The van der Waals surface area contributed by atoms with Gasteiger partial charge in [-0.3, -0.25) is 4.99 Å². The van der Waals surface area contributed by atoms with E-state index in [0.717, 1.165) is 37.1 Å². The highest BCUT2D eigenvalue weighted by Gasteiger charge is 2.25. The molecule has 0 aliphatic carbocycles. The Balaban J connectivity index is 1.21. The van der Waals surface area contributed by atoms with Gasteiger partial charge in [0.2, 0.25) is 0 Å². The molecule has 0 saturated carbocycles. The van der Waals surface area contributed by atoms with E-state index >= 15 is 0 Å². The minimum atomic E-state index is -0.158. The average molecular weight is 380 g/mol. The highest BCUT2D eigenvalue weighted by atomic mass is 32.2. The van der Waals surface area contributed by atoms with Crippen LogP contribution in [0.25, 0.3) is 6.08 Å². The number of piperidine rings is 1. The summed E-state index contributed by atoms with van der Waals surface area (Å²) in [5.74, 6) is -0.158. The summed E-state index contributed by atoms with van der Waals surface area (Å²) in [6, 6.07) is 11.3. The Morgan fingerprint density at radius 2 is 1.93 bits per heavy atom. The SMILES string of the molecule is Fc1ccc(CCN2CCC(S3=CN=c4cc5c(cc43)=CC=N5)CC2)cc1. The van der Waals surface area contributed by atoms with Crippen LogP contribution in [0.5, 0.6) is 0 Å². The smallest absolute Gasteiger partial charge is 0.123 e. The molecule has 0 bridgehead atoms. The molecule has 3 heterocycles. The second-order valence-electron chi connectivity index (χ2n) is 7.35. The zero-order chi connectivity index (χ0) is 18.2. The predicted molar refractivity (Wildman–Crippen MR) is 111 cm³/mol. The van der Waals surface area contributed by atoms with Crippen LogP contribution in [0.3, 0.4) is 0 Å². The first kappa shape index (κ1) is 17.0. The van der Waals surface area contributed by atoms with Gasteiger partial charge < -0.3 is 4.90 Å². The molecular weight excluding hydrogens is 357 g/mol. The first-order valence-electron chi connectivity index (χ1n) is 9.54. The third-order valence-corrected chi connectivity index (χ3v) is 8.02. The molecule has 2 aromatic rings. The maximum atomic E-state index is 13.0. The summed E-state index contributed by atoms with van der Waals surface area (Å²) in [6.45, 7) is 3.33. The molecule has 1 saturated heterocycles. The number of rotatable bonds is 4. The van der Waals surface area contributed by atoms with Crippen molar-refractivity contribution < 1.29 is 4.39 Å². The van der Waals surface area contributed by atoms with Crippen molar-refractivity contribution in [1.29, 1.82) is 0 Å². The molecule has 2 aromatic carbocycles. The van der Waals surface area contributed by atoms with Gasteiger partial charge in [0.15, 0.2) is 0 Å². The molecule has 27 heavy (non-hydrogen) atoms. The summed E-state index contributed by atoms with van der Waals surface area (Å²) < 4.78 is 13.0. The van der Waals surface area contributed by atoms with E-state index in [-0.39, 0.29) is 16.3 Å². The lowest BCUT2D eigenvalue weighted by Crippen LogP contribution is -2.36. The van der Waals surface area contributed by atoms with E-state index in [2.05, 4.69) is 33.6 Å². The fraction of sp³-hybridized carbons (Fsp3) is 0.318. The number of hydrogen-bond acceptors (Lipinski definition) is 3. The number of fused-ring (bicyclic) bond motifs is 2. The van der Waals surface area contributed by atoms with Gasteiger partial charge in [-0.15, -0.1) is 10.5 Å². The Hall–Kier alpha value is -2.11. The lowest BCUT2D eigenvalue weighted by molar-refractivity contribution is 0.235. The molecule has 138 valence electrons. The summed E-state index contributed by atoms with van der Waals surface area (Å²) in [7, 11) is 0.126. The summed E-state index contributed by atoms with van der Waals surface area (Å²) in [5.41, 5.74) is 4.44. The van der Waals surface area contributed by atoms with Crippen LogP contribution in [0.2, 0.25) is 0 Å². The highest BCUT2D eigenvalue weighted by Crippen LogP contribution is 2.37. The van der Waals surface area contributed by atoms with Crippen molar-refractivity contribution in [3.63, 3.8) is 0 Å². The van der Waals surface area contributed by atoms with Gasteiger partial charge in [0.25, 0.3) is 0 Å². The molecule has 1 atom stereocenters. The first-order valence-corrected chi connectivity index (χ1v) is 10.9. The van der Waals surface area contributed by atoms with Crippen LogP contribution in [-0.4, -0.2) is 41.5 Å². The van der Waals surface area contributed by atoms with Gasteiger partial charge in [0, 0.05) is 28.1 Å². The van der Waals surface area contributed by atoms with Gasteiger partial charge in [0.1, 0.15) is 5.82 Å². The third kappa shape index (κ3) is 3.42. The maximum Gasteiger partial charge on any atom is 0.123 e. The van der Waals surface area contributed by atoms with E-state index in [0.29, 0.717) is 5.25 Å². The van der Waals surface area contributed by atoms with Gasteiger partial charge in [-0.2, -0.15) is 0 Å². The first-order chi connectivity index (χ1) is 13.3. The largest absolute Gasteiger partial charge is 0.303 e. The number of aliphatic imine (C=N–C) groups is 1. The van der Waals surface area contributed by atoms with E-state index in [9.17, 15) is 4.39 Å². The molecule has 0 aromatic heterocycles. The molecule has 1 unspecified atom stereocenters. The monoisotopic (exact) mass is 379 g/mol. The zero-order valence-corrected chi connectivity index (χ0v) is 16.0. The van der Waals surface area contributed by atoms with E-state index < -0.39 is 0 Å². The fourth-order valence-electron chi connectivity index (χ4n) is 4.07. The number of halogens is 1. The standard InChI is InChI=1S/C22H22FN3S/c23-18-3-1-16(2-4-18)6-10-26-11-7-19(8-12-26)27-15-25-21-14-20-17(5-9-24-20)13-22(21)27/h1-5,9,13-15,19H,6-8,10-12H2. The van der Waals surface area contributed by atoms with Crippen molar-refractivity contribution in [3.8, 4) is 0 Å². The third-order valence-electron chi connectivity index (χ3n) is 5.66. The fourth-order valence-corrected chi connectivity index (χ4v) is 6.27. The van der Waals surface area contributed by atoms with Crippen LogP contribution >= 0.6 is 10.5 Å². The highest BCUT2D eigenvalue weighted by molar-refractivity contribution is 8.15. The second-order valence-corrected chi connectivity index (χ2v) is 9.41. The van der Waals surface area contributed by atoms with Crippen LogP contribution in [0.15, 0.2) is 51.3 Å². The van der Waals surface area contributed by atoms with Crippen LogP contribution in [0.1, 0.15) is 18.4 Å². The van der Waals surface area contributed by atoms with Gasteiger partial charge in [-0.1, -0.05) is 12.1 Å². The molecule has 0 radical (unpaired) electrons. The molecule has 0 amide bonds. The van der Waals surface area contributed by atoms with Gasteiger partial charge >= 0.3 is 0 Å². The van der Waals surface area contributed by atoms with Crippen molar-refractivity contribution >= 4 is 34.0 Å². The van der Waals surface area contributed by atoms with Crippen molar-refractivity contribution in [2.24, 2.45) is 9.98 Å². The molecular formula is C22H22FN3S. The number of hydrogen-bond donors (Lipinski definition) is 0. The van der Waals surface area contributed by atoms with Gasteiger partial charge in [-0.25, -0.2) is 9.38 Å². The number of likely N-dealkylation sites (tertiary alicyclic amines) is 1. The van der Waals surface area contributed by atoms with Crippen LogP contribution < -0.4 is 10.6 Å². The lowest BCUT2D eigenvalue weighted by atomic mass is 10.1. The lowest BCUT2D eigenvalue weighted by Gasteiger charge is -2.33. The summed E-state index contributed by atoms with van der Waals surface area (Å²) in [6.07, 6.45) is 7.39. The normalized spacial score (nSPS) is 21.3. The molecule has 1 fully saturated rings. The van der Waals surface area contributed by atoms with Crippen molar-refractivity contribution in [2.45, 2.75) is 29.4 Å². The second kappa shape index (κ2) is 7.13. The van der Waals surface area contributed by atoms with E-state index in [1.165, 1.54) is 28.5 Å². The molecule has 5 heteroatoms. The van der Waals surface area contributed by atoms with Gasteiger partial charge in [0.05, 0.1) is 16.5 Å². The zero-order valence-electron chi connectivity index (χ0n) is 15.1. The van der Waals surface area contributed by atoms with Crippen LogP contribution in [0, 0.1) is 5.82 Å². The van der Waals surface area contributed by atoms with E-state index in [4.69, 9.17) is 4.99 Å². The molecule has 3 nitrogen and oxygen atoms in total. The molecule has 0 N–H and O–H groups in total. The Morgan fingerprint density at radius 1 is 1.11 bits per heavy atom. The minimum absolute atomic E-state index is 0.126. The van der Waals surface area contributed by atoms with Crippen LogP contribution in [0.4, 0.5) is 10.1 Å². The minimum Gasteiger partial charge on any atom is -0.303 e. The Kier molecular flexibility index (Phi) is 4.50. The number of benzene rings is 2. The Labute approximate surface area is 160 Å². The summed E-state index contributed by atoms with van der Waals surface area (Å²) >= 11 is 0. The van der Waals surface area contributed by atoms with Gasteiger partial charge in [-0.05, 0) is 68.3 Å². The molecule has 0 spiro atoms. The van der Waals surface area contributed by atoms with Crippen molar-refractivity contribution in [1.82, 2.24) is 4.90 Å². The predicted octanol–water partition coefficient (Wildman–Crippen LogP) is 3.05. The quantitative estimate of drug-likeness (QED) is 0.751. The Bertz CT molecular complexity index is 1050. The molecule has 3 aliphatic rings. The van der Waals surface area contributed by atoms with Crippen molar-refractivity contribution in [3.05, 3.63) is 58.4 Å². The van der Waals surface area contributed by atoms with E-state index in [1.807, 2.05) is 18.3 Å². The van der Waals surface area contributed by atoms with E-state index in [1.54, 1.807) is 12.1 Å². The van der Waals surface area contributed by atoms with Crippen LogP contribution in [-0.2, 0) is 6.42 Å². The summed E-state index contributed by atoms with van der Waals surface area (Å²) in [4.78, 5) is 13.0. The number of nitrogens with zero attached hydrogens (tertiary/aromatic N) is 3. The average Bonchev–Trinajstić information content (AvgIpc) is 3.32.